The first-order chi connectivity index (χ1) is 14.2. The lowest BCUT2D eigenvalue weighted by molar-refractivity contribution is -0.119. The van der Waals surface area contributed by atoms with E-state index in [4.69, 9.17) is 17.2 Å². The minimum Gasteiger partial charge on any atom is -0.398 e. The Morgan fingerprint density at radius 3 is 2.50 bits per heavy atom. The number of carbonyl (C=O) groups is 3. The van der Waals surface area contributed by atoms with Gasteiger partial charge >= 0.3 is 0 Å². The summed E-state index contributed by atoms with van der Waals surface area (Å²) in [5.41, 5.74) is 18.6. The second-order valence-corrected chi connectivity index (χ2v) is 7.42. The normalized spacial score (nSPS) is 18.9. The van der Waals surface area contributed by atoms with Crippen LogP contribution in [0.15, 0.2) is 43.0 Å². The molecule has 156 valence electrons. The van der Waals surface area contributed by atoms with E-state index in [-0.39, 0.29) is 40.7 Å². The average molecular weight is 407 g/mol. The fourth-order valence-electron chi connectivity index (χ4n) is 3.98. The first-order valence-electron chi connectivity index (χ1n) is 9.60. The van der Waals surface area contributed by atoms with Gasteiger partial charge in [0.15, 0.2) is 5.78 Å². The first-order valence-corrected chi connectivity index (χ1v) is 9.60. The van der Waals surface area contributed by atoms with E-state index in [1.165, 1.54) is 6.92 Å². The molecule has 1 aromatic heterocycles. The van der Waals surface area contributed by atoms with Gasteiger partial charge in [-0.25, -0.2) is 4.98 Å². The standard InChI is InChI=1S/C22H25N5O3/c1-3-15(29)19-17(22(25)10-7-11-27(22)12-13(2)28)18(23)16(21(24)26-19)20(30)14-8-5-4-6-9-14/h3-6,8-9H,1,7,10-12,25H2,2H3,(H4,23,24,26). The predicted octanol–water partition coefficient (Wildman–Crippen LogP) is 1.64. The predicted molar refractivity (Wildman–Crippen MR) is 115 cm³/mol. The van der Waals surface area contributed by atoms with E-state index >= 15 is 0 Å². The molecule has 1 fully saturated rings. The van der Waals surface area contributed by atoms with Gasteiger partial charge in [0.25, 0.3) is 0 Å². The number of Topliss-reactive ketones (excluding diaryl/α,β-unsaturated/α-hetero) is 1. The highest BCUT2D eigenvalue weighted by atomic mass is 16.1. The van der Waals surface area contributed by atoms with E-state index in [0.29, 0.717) is 24.9 Å². The molecular weight excluding hydrogens is 382 g/mol. The number of ketones is 3. The van der Waals surface area contributed by atoms with Crippen molar-refractivity contribution in [1.82, 2.24) is 9.88 Å². The van der Waals surface area contributed by atoms with E-state index in [9.17, 15) is 14.4 Å². The number of hydrogen-bond acceptors (Lipinski definition) is 8. The summed E-state index contributed by atoms with van der Waals surface area (Å²) in [7, 11) is 0. The molecule has 0 aliphatic carbocycles. The summed E-state index contributed by atoms with van der Waals surface area (Å²) in [4.78, 5) is 43.5. The molecule has 0 saturated carbocycles. The summed E-state index contributed by atoms with van der Waals surface area (Å²) >= 11 is 0. The Morgan fingerprint density at radius 1 is 1.23 bits per heavy atom. The number of benzene rings is 1. The molecule has 8 nitrogen and oxygen atoms in total. The van der Waals surface area contributed by atoms with Crippen molar-refractivity contribution in [3.63, 3.8) is 0 Å². The van der Waals surface area contributed by atoms with Crippen molar-refractivity contribution < 1.29 is 14.4 Å². The smallest absolute Gasteiger partial charge is 0.204 e. The van der Waals surface area contributed by atoms with Gasteiger partial charge in [0.05, 0.1) is 23.5 Å². The fraction of sp³-hybridized carbons (Fsp3) is 0.273. The Morgan fingerprint density at radius 2 is 1.90 bits per heavy atom. The number of anilines is 2. The molecule has 0 amide bonds. The summed E-state index contributed by atoms with van der Waals surface area (Å²) in [6.45, 7) is 5.61. The van der Waals surface area contributed by atoms with Crippen molar-refractivity contribution in [2.24, 2.45) is 5.73 Å². The molecule has 1 unspecified atom stereocenters. The van der Waals surface area contributed by atoms with Gasteiger partial charge in [-0.1, -0.05) is 36.9 Å². The molecule has 0 spiro atoms. The molecule has 8 heteroatoms. The summed E-state index contributed by atoms with van der Waals surface area (Å²) in [6, 6.07) is 8.50. The molecule has 1 atom stereocenters. The van der Waals surface area contributed by atoms with Gasteiger partial charge < -0.3 is 17.2 Å². The Balaban J connectivity index is 2.27. The van der Waals surface area contributed by atoms with Gasteiger partial charge in [-0.3, -0.25) is 19.3 Å². The number of nitrogens with zero attached hydrogens (tertiary/aromatic N) is 2. The van der Waals surface area contributed by atoms with Crippen LogP contribution in [0.2, 0.25) is 0 Å². The van der Waals surface area contributed by atoms with Gasteiger partial charge in [0.1, 0.15) is 17.3 Å². The molecule has 3 rings (SSSR count). The molecule has 2 aromatic rings. The van der Waals surface area contributed by atoms with Crippen LogP contribution < -0.4 is 17.2 Å². The summed E-state index contributed by atoms with van der Waals surface area (Å²) in [6.07, 6.45) is 2.22. The molecule has 2 heterocycles. The van der Waals surface area contributed by atoms with Crippen molar-refractivity contribution in [3.8, 4) is 0 Å². The highest BCUT2D eigenvalue weighted by Gasteiger charge is 2.44. The van der Waals surface area contributed by atoms with E-state index in [1.807, 2.05) is 0 Å². The zero-order chi connectivity index (χ0) is 22.1. The average Bonchev–Trinajstić information content (AvgIpc) is 3.07. The van der Waals surface area contributed by atoms with Crippen LogP contribution in [0.25, 0.3) is 0 Å². The number of pyridine rings is 1. The maximum absolute atomic E-state index is 13.2. The topological polar surface area (TPSA) is 145 Å². The second-order valence-electron chi connectivity index (χ2n) is 7.42. The SMILES string of the molecule is C=CC(=O)c1nc(N)c(C(=O)c2ccccc2)c(N)c1C1(N)CCCN1CC(C)=O. The van der Waals surface area contributed by atoms with Crippen molar-refractivity contribution in [1.29, 1.82) is 0 Å². The molecule has 6 N–H and O–H groups in total. The third-order valence-electron chi connectivity index (χ3n) is 5.34. The fourth-order valence-corrected chi connectivity index (χ4v) is 3.98. The molecule has 1 aliphatic heterocycles. The molecule has 1 aliphatic rings. The Labute approximate surface area is 174 Å². The number of likely N-dealkylation sites (tertiary alicyclic amines) is 1. The van der Waals surface area contributed by atoms with Crippen LogP contribution in [-0.2, 0) is 10.5 Å². The summed E-state index contributed by atoms with van der Waals surface area (Å²) in [5.74, 6) is -1.17. The van der Waals surface area contributed by atoms with Crippen LogP contribution in [-0.4, -0.2) is 40.3 Å². The van der Waals surface area contributed by atoms with Crippen LogP contribution in [0.4, 0.5) is 11.5 Å². The van der Waals surface area contributed by atoms with E-state index < -0.39 is 17.2 Å². The lowest BCUT2D eigenvalue weighted by Crippen LogP contribution is -2.52. The third kappa shape index (κ3) is 3.62. The number of hydrogen-bond donors (Lipinski definition) is 3. The number of aromatic nitrogens is 1. The quantitative estimate of drug-likeness (QED) is 0.464. The lowest BCUT2D eigenvalue weighted by atomic mass is 9.88. The summed E-state index contributed by atoms with van der Waals surface area (Å²) < 4.78 is 0. The van der Waals surface area contributed by atoms with Gasteiger partial charge in [-0.15, -0.1) is 0 Å². The van der Waals surface area contributed by atoms with E-state index in [1.54, 1.807) is 35.2 Å². The van der Waals surface area contributed by atoms with Crippen LogP contribution in [0, 0.1) is 0 Å². The Kier molecular flexibility index (Phi) is 5.82. The van der Waals surface area contributed by atoms with E-state index in [2.05, 4.69) is 11.6 Å². The molecular formula is C22H25N5O3. The van der Waals surface area contributed by atoms with Gasteiger partial charge in [0, 0.05) is 17.7 Å². The summed E-state index contributed by atoms with van der Waals surface area (Å²) in [5, 5.41) is 0. The van der Waals surface area contributed by atoms with Crippen molar-refractivity contribution in [2.75, 3.05) is 24.6 Å². The number of allylic oxidation sites excluding steroid dienone is 1. The first kappa shape index (κ1) is 21.4. The molecule has 0 radical (unpaired) electrons. The monoisotopic (exact) mass is 407 g/mol. The van der Waals surface area contributed by atoms with E-state index in [0.717, 1.165) is 6.08 Å². The largest absolute Gasteiger partial charge is 0.398 e. The Hall–Kier alpha value is -3.36. The highest BCUT2D eigenvalue weighted by molar-refractivity contribution is 6.16. The zero-order valence-electron chi connectivity index (χ0n) is 16.9. The zero-order valence-corrected chi connectivity index (χ0v) is 16.9. The maximum atomic E-state index is 13.2. The van der Waals surface area contributed by atoms with Crippen LogP contribution in [0.3, 0.4) is 0 Å². The minimum atomic E-state index is -1.24. The Bertz CT molecular complexity index is 1030. The molecule has 30 heavy (non-hydrogen) atoms. The number of nitrogen functional groups attached to an aromatic ring is 2. The van der Waals surface area contributed by atoms with Gasteiger partial charge in [-0.2, -0.15) is 0 Å². The van der Waals surface area contributed by atoms with Crippen molar-refractivity contribution in [2.45, 2.75) is 25.4 Å². The van der Waals surface area contributed by atoms with Gasteiger partial charge in [0.2, 0.25) is 5.78 Å². The molecule has 1 saturated heterocycles. The maximum Gasteiger partial charge on any atom is 0.204 e. The van der Waals surface area contributed by atoms with Gasteiger partial charge in [-0.05, 0) is 25.8 Å². The number of rotatable bonds is 7. The van der Waals surface area contributed by atoms with Crippen LogP contribution in [0.5, 0.6) is 0 Å². The lowest BCUT2D eigenvalue weighted by Gasteiger charge is -2.37. The highest BCUT2D eigenvalue weighted by Crippen LogP contribution is 2.41. The molecule has 0 bridgehead atoms. The van der Waals surface area contributed by atoms with Crippen molar-refractivity contribution in [3.05, 3.63) is 65.4 Å². The third-order valence-corrected chi connectivity index (χ3v) is 5.34. The minimum absolute atomic E-state index is 0.000458. The number of nitrogens with two attached hydrogens (primary N) is 3. The number of carbonyl (C=O) groups excluding carboxylic acids is 3. The van der Waals surface area contributed by atoms with Crippen LogP contribution in [0.1, 0.15) is 51.7 Å². The molecule has 1 aromatic carbocycles. The van der Waals surface area contributed by atoms with Crippen LogP contribution >= 0.6 is 0 Å². The second kappa shape index (κ2) is 8.17. The van der Waals surface area contributed by atoms with Crippen molar-refractivity contribution >= 4 is 28.9 Å².